The average molecular weight is 250 g/mol. The van der Waals surface area contributed by atoms with Crippen LogP contribution >= 0.6 is 11.8 Å². The molecule has 3 N–H and O–H groups in total. The predicted molar refractivity (Wildman–Crippen MR) is 65.7 cm³/mol. The van der Waals surface area contributed by atoms with Crippen LogP contribution in [0.4, 0.5) is 0 Å². The number of β-amino-alcohol motifs (C(OH)–C–C–N with tert-alkyl or cyclic N) is 1. The van der Waals surface area contributed by atoms with E-state index in [1.807, 2.05) is 12.1 Å². The molecule has 1 saturated heterocycles. The highest BCUT2D eigenvalue weighted by Gasteiger charge is 2.41. The number of thioether (sulfide) groups is 1. The number of aliphatic hydroxyl groups is 2. The van der Waals surface area contributed by atoms with Crippen LogP contribution in [0.5, 0.6) is 0 Å². The molecule has 1 unspecified atom stereocenters. The average Bonchev–Trinajstić information content (AvgIpc) is 2.73. The lowest BCUT2D eigenvalue weighted by atomic mass is 10.1. The molecule has 0 saturated carbocycles. The van der Waals surface area contributed by atoms with Crippen molar-refractivity contribution in [3.8, 4) is 6.07 Å². The van der Waals surface area contributed by atoms with E-state index in [-0.39, 0.29) is 11.9 Å². The van der Waals surface area contributed by atoms with Gasteiger partial charge in [-0.15, -0.1) is 11.8 Å². The Bertz CT molecular complexity index is 429. The van der Waals surface area contributed by atoms with Crippen molar-refractivity contribution in [1.82, 2.24) is 5.32 Å². The largest absolute Gasteiger partial charge is 0.393 e. The molecule has 1 aromatic rings. The molecule has 2 rings (SSSR count). The first-order chi connectivity index (χ1) is 8.18. The first kappa shape index (κ1) is 12.4. The Morgan fingerprint density at radius 3 is 2.76 bits per heavy atom. The molecule has 0 aromatic heterocycles. The van der Waals surface area contributed by atoms with Gasteiger partial charge in [-0.25, -0.2) is 0 Å². The molecular weight excluding hydrogens is 236 g/mol. The van der Waals surface area contributed by atoms with Crippen molar-refractivity contribution in [2.45, 2.75) is 15.7 Å². The molecule has 0 amide bonds. The molecule has 90 valence electrons. The van der Waals surface area contributed by atoms with Crippen molar-refractivity contribution >= 4 is 11.8 Å². The monoisotopic (exact) mass is 250 g/mol. The predicted octanol–water partition coefficient (Wildman–Crippen LogP) is 0.346. The minimum atomic E-state index is -1.06. The number of rotatable bonds is 3. The molecule has 1 aromatic carbocycles. The molecule has 0 aliphatic carbocycles. The van der Waals surface area contributed by atoms with E-state index in [2.05, 4.69) is 11.4 Å². The number of hydrogen-bond donors (Lipinski definition) is 3. The van der Waals surface area contributed by atoms with Crippen LogP contribution in [0.25, 0.3) is 0 Å². The SMILES string of the molecule is N#Cc1ccc(S[C@H]2CNCC2(O)CO)cc1. The van der Waals surface area contributed by atoms with Crippen molar-refractivity contribution in [2.75, 3.05) is 19.7 Å². The second kappa shape index (κ2) is 5.07. The van der Waals surface area contributed by atoms with Gasteiger partial charge in [0.2, 0.25) is 0 Å². The molecule has 1 fully saturated rings. The van der Waals surface area contributed by atoms with Crippen molar-refractivity contribution < 1.29 is 10.2 Å². The molecule has 17 heavy (non-hydrogen) atoms. The van der Waals surface area contributed by atoms with Crippen molar-refractivity contribution in [3.05, 3.63) is 29.8 Å². The van der Waals surface area contributed by atoms with Crippen LogP contribution in [0.15, 0.2) is 29.2 Å². The summed E-state index contributed by atoms with van der Waals surface area (Å²) in [7, 11) is 0. The number of hydrogen-bond acceptors (Lipinski definition) is 5. The van der Waals surface area contributed by atoms with Gasteiger partial charge in [-0.05, 0) is 24.3 Å². The molecule has 1 aliphatic rings. The van der Waals surface area contributed by atoms with Crippen LogP contribution in [0.1, 0.15) is 5.56 Å². The zero-order valence-corrected chi connectivity index (χ0v) is 10.1. The Labute approximate surface area is 104 Å². The Morgan fingerprint density at radius 1 is 1.47 bits per heavy atom. The molecule has 2 atom stereocenters. The summed E-state index contributed by atoms with van der Waals surface area (Å²) < 4.78 is 0. The van der Waals surface area contributed by atoms with Gasteiger partial charge in [0.05, 0.1) is 23.5 Å². The summed E-state index contributed by atoms with van der Waals surface area (Å²) in [5.41, 5.74) is -0.435. The fourth-order valence-electron chi connectivity index (χ4n) is 1.80. The van der Waals surface area contributed by atoms with E-state index in [4.69, 9.17) is 5.26 Å². The molecule has 0 radical (unpaired) electrons. The Balaban J connectivity index is 2.08. The maximum absolute atomic E-state index is 10.1. The number of nitriles is 1. The fourth-order valence-corrected chi connectivity index (χ4v) is 3.01. The molecule has 1 aliphatic heterocycles. The van der Waals surface area contributed by atoms with E-state index in [9.17, 15) is 10.2 Å². The maximum atomic E-state index is 10.1. The Morgan fingerprint density at radius 2 is 2.18 bits per heavy atom. The van der Waals surface area contributed by atoms with Crippen molar-refractivity contribution in [1.29, 1.82) is 5.26 Å². The Hall–Kier alpha value is -1.06. The van der Waals surface area contributed by atoms with Gasteiger partial charge in [0.25, 0.3) is 0 Å². The lowest BCUT2D eigenvalue weighted by molar-refractivity contribution is 0.00750. The summed E-state index contributed by atoms with van der Waals surface area (Å²) in [5.74, 6) is 0. The molecule has 5 heteroatoms. The summed E-state index contributed by atoms with van der Waals surface area (Å²) >= 11 is 1.52. The molecule has 0 bridgehead atoms. The van der Waals surface area contributed by atoms with Crippen LogP contribution in [0.2, 0.25) is 0 Å². The van der Waals surface area contributed by atoms with E-state index in [0.29, 0.717) is 18.7 Å². The second-order valence-corrected chi connectivity index (χ2v) is 5.41. The van der Waals surface area contributed by atoms with Crippen LogP contribution in [-0.4, -0.2) is 40.8 Å². The van der Waals surface area contributed by atoms with E-state index in [0.717, 1.165) is 4.90 Å². The minimum absolute atomic E-state index is 0.0690. The minimum Gasteiger partial charge on any atom is -0.393 e. The quantitative estimate of drug-likeness (QED) is 0.721. The van der Waals surface area contributed by atoms with Crippen LogP contribution in [0, 0.1) is 11.3 Å². The van der Waals surface area contributed by atoms with Gasteiger partial charge < -0.3 is 15.5 Å². The van der Waals surface area contributed by atoms with Gasteiger partial charge in [-0.3, -0.25) is 0 Å². The number of nitrogens with zero attached hydrogens (tertiary/aromatic N) is 1. The van der Waals surface area contributed by atoms with Crippen molar-refractivity contribution in [3.63, 3.8) is 0 Å². The van der Waals surface area contributed by atoms with Gasteiger partial charge in [-0.1, -0.05) is 0 Å². The Kier molecular flexibility index (Phi) is 3.69. The highest BCUT2D eigenvalue weighted by Crippen LogP contribution is 2.32. The van der Waals surface area contributed by atoms with Crippen LogP contribution in [0.3, 0.4) is 0 Å². The third kappa shape index (κ3) is 2.61. The molecule has 1 heterocycles. The zero-order valence-electron chi connectivity index (χ0n) is 9.26. The highest BCUT2D eigenvalue weighted by molar-refractivity contribution is 8.00. The molecule has 0 spiro atoms. The standard InChI is InChI=1S/C12H14N2O2S/c13-5-9-1-3-10(4-2-9)17-11-6-14-7-12(11,16)8-15/h1-4,11,14-16H,6-8H2/t11-,12?/m0/s1. The lowest BCUT2D eigenvalue weighted by Gasteiger charge is -2.26. The highest BCUT2D eigenvalue weighted by atomic mass is 32.2. The zero-order chi connectivity index (χ0) is 12.3. The third-order valence-electron chi connectivity index (χ3n) is 2.90. The van der Waals surface area contributed by atoms with Gasteiger partial charge in [0, 0.05) is 18.0 Å². The third-order valence-corrected chi connectivity index (χ3v) is 4.33. The van der Waals surface area contributed by atoms with Gasteiger partial charge in [0.1, 0.15) is 5.60 Å². The fraction of sp³-hybridized carbons (Fsp3) is 0.417. The van der Waals surface area contributed by atoms with E-state index < -0.39 is 5.60 Å². The van der Waals surface area contributed by atoms with Crippen LogP contribution < -0.4 is 5.32 Å². The number of benzene rings is 1. The van der Waals surface area contributed by atoms with E-state index in [1.54, 1.807) is 12.1 Å². The number of nitrogens with one attached hydrogen (secondary N) is 1. The first-order valence-corrected chi connectivity index (χ1v) is 6.27. The lowest BCUT2D eigenvalue weighted by Crippen LogP contribution is -2.43. The summed E-state index contributed by atoms with van der Waals surface area (Å²) in [6.45, 7) is 0.840. The summed E-state index contributed by atoms with van der Waals surface area (Å²) in [6.07, 6.45) is 0. The van der Waals surface area contributed by atoms with Gasteiger partial charge in [0.15, 0.2) is 0 Å². The summed E-state index contributed by atoms with van der Waals surface area (Å²) in [6, 6.07) is 9.29. The normalized spacial score (nSPS) is 27.9. The smallest absolute Gasteiger partial charge is 0.113 e. The first-order valence-electron chi connectivity index (χ1n) is 5.39. The van der Waals surface area contributed by atoms with Crippen LogP contribution in [-0.2, 0) is 0 Å². The summed E-state index contributed by atoms with van der Waals surface area (Å²) in [4.78, 5) is 0.990. The topological polar surface area (TPSA) is 76.3 Å². The molecule has 4 nitrogen and oxygen atoms in total. The number of aliphatic hydroxyl groups excluding tert-OH is 1. The maximum Gasteiger partial charge on any atom is 0.113 e. The van der Waals surface area contributed by atoms with Gasteiger partial charge in [-0.2, -0.15) is 5.26 Å². The van der Waals surface area contributed by atoms with Gasteiger partial charge >= 0.3 is 0 Å². The van der Waals surface area contributed by atoms with E-state index in [1.165, 1.54) is 11.8 Å². The second-order valence-electron chi connectivity index (χ2n) is 4.14. The molecular formula is C12H14N2O2S. The van der Waals surface area contributed by atoms with E-state index >= 15 is 0 Å². The summed E-state index contributed by atoms with van der Waals surface area (Å²) in [5, 5.41) is 31.0. The van der Waals surface area contributed by atoms with Crippen molar-refractivity contribution in [2.24, 2.45) is 0 Å².